The fraction of sp³-hybridized carbons (Fsp3) is 0.467. The number of hydrogen-bond acceptors (Lipinski definition) is 4. The van der Waals surface area contributed by atoms with E-state index in [0.717, 1.165) is 31.4 Å². The zero-order valence-corrected chi connectivity index (χ0v) is 12.5. The summed E-state index contributed by atoms with van der Waals surface area (Å²) in [6.07, 6.45) is 3.41. The molecule has 2 N–H and O–H groups in total. The number of anilines is 2. The molecule has 5 nitrogen and oxygen atoms in total. The molecule has 1 amide bonds. The molecule has 0 aromatic heterocycles. The van der Waals surface area contributed by atoms with Gasteiger partial charge in [0.25, 0.3) is 11.7 Å². The number of halogens is 1. The van der Waals surface area contributed by atoms with Crippen molar-refractivity contribution in [3.63, 3.8) is 0 Å². The maximum absolute atomic E-state index is 11.7. The van der Waals surface area contributed by atoms with Crippen molar-refractivity contribution >= 4 is 34.7 Å². The number of rotatable bonds is 2. The van der Waals surface area contributed by atoms with Gasteiger partial charge in [0.15, 0.2) is 0 Å². The number of ketones is 1. The number of Topliss-reactive ketones (excluding diaryl/α,β-unsaturated/α-hetero) is 1. The smallest absolute Gasteiger partial charge is 0.296 e. The van der Waals surface area contributed by atoms with E-state index < -0.39 is 11.7 Å². The van der Waals surface area contributed by atoms with Gasteiger partial charge >= 0.3 is 0 Å². The first kappa shape index (κ1) is 14.4. The Morgan fingerprint density at radius 3 is 2.71 bits per heavy atom. The summed E-state index contributed by atoms with van der Waals surface area (Å²) in [5, 5.41) is 13.1. The highest BCUT2D eigenvalue weighted by atomic mass is 35.5. The van der Waals surface area contributed by atoms with Crippen LogP contribution in [0.15, 0.2) is 12.1 Å². The monoisotopic (exact) mass is 308 g/mol. The number of aliphatic hydroxyl groups is 1. The van der Waals surface area contributed by atoms with Crippen molar-refractivity contribution < 1.29 is 14.7 Å². The Labute approximate surface area is 127 Å². The van der Waals surface area contributed by atoms with Gasteiger partial charge in [-0.1, -0.05) is 24.4 Å². The van der Waals surface area contributed by atoms with E-state index in [1.165, 1.54) is 6.07 Å². The van der Waals surface area contributed by atoms with Crippen LogP contribution in [0, 0.1) is 0 Å². The lowest BCUT2D eigenvalue weighted by atomic mass is 9.91. The van der Waals surface area contributed by atoms with Crippen LogP contribution in [0.5, 0.6) is 0 Å². The molecule has 1 heterocycles. The molecule has 1 aromatic rings. The lowest BCUT2D eigenvalue weighted by Gasteiger charge is -2.37. The molecule has 2 unspecified atom stereocenters. The number of carbonyl (C=O) groups is 2. The highest BCUT2D eigenvalue weighted by Crippen LogP contribution is 2.37. The van der Waals surface area contributed by atoms with Gasteiger partial charge in [-0.15, -0.1) is 0 Å². The Hall–Kier alpha value is -1.59. The summed E-state index contributed by atoms with van der Waals surface area (Å²) in [6, 6.07) is 3.24. The molecule has 0 radical (unpaired) electrons. The quantitative estimate of drug-likeness (QED) is 0.822. The number of aliphatic hydroxyl groups excluding tert-OH is 1. The van der Waals surface area contributed by atoms with Crippen LogP contribution in [-0.4, -0.2) is 36.0 Å². The minimum atomic E-state index is -0.626. The van der Waals surface area contributed by atoms with Gasteiger partial charge in [0.05, 0.1) is 34.1 Å². The lowest BCUT2D eigenvalue weighted by Crippen LogP contribution is -2.43. The number of carbonyl (C=O) groups excluding carboxylic acids is 2. The van der Waals surface area contributed by atoms with Crippen molar-refractivity contribution in [1.82, 2.24) is 0 Å². The van der Waals surface area contributed by atoms with Gasteiger partial charge in [-0.05, 0) is 25.0 Å². The average Bonchev–Trinajstić information content (AvgIpc) is 2.73. The van der Waals surface area contributed by atoms with Crippen molar-refractivity contribution in [3.05, 3.63) is 22.7 Å². The second kappa shape index (κ2) is 5.31. The number of hydrogen-bond donors (Lipinski definition) is 2. The van der Waals surface area contributed by atoms with Crippen molar-refractivity contribution in [1.29, 1.82) is 0 Å². The van der Waals surface area contributed by atoms with E-state index in [1.54, 1.807) is 6.07 Å². The van der Waals surface area contributed by atoms with Crippen molar-refractivity contribution in [2.45, 2.75) is 37.8 Å². The fourth-order valence-corrected chi connectivity index (χ4v) is 3.44. The highest BCUT2D eigenvalue weighted by Gasteiger charge is 2.32. The summed E-state index contributed by atoms with van der Waals surface area (Å²) in [6.45, 7) is 0. The molecule has 3 rings (SSSR count). The Morgan fingerprint density at radius 2 is 2.00 bits per heavy atom. The summed E-state index contributed by atoms with van der Waals surface area (Å²) in [4.78, 5) is 25.0. The molecule has 0 spiro atoms. The summed E-state index contributed by atoms with van der Waals surface area (Å²) >= 11 is 6.27. The SMILES string of the molecule is CN(c1cc2c(cc1Cl)C(=O)C(=O)N2)C1CCCCC1O. The summed E-state index contributed by atoms with van der Waals surface area (Å²) < 4.78 is 0. The van der Waals surface area contributed by atoms with Crippen molar-refractivity contribution in [2.24, 2.45) is 0 Å². The first-order valence-corrected chi connectivity index (χ1v) is 7.47. The van der Waals surface area contributed by atoms with E-state index in [2.05, 4.69) is 5.32 Å². The lowest BCUT2D eigenvalue weighted by molar-refractivity contribution is -0.112. The second-order valence-corrected chi connectivity index (χ2v) is 6.07. The largest absolute Gasteiger partial charge is 0.391 e. The molecule has 6 heteroatoms. The van der Waals surface area contributed by atoms with Gasteiger partial charge in [-0.2, -0.15) is 0 Å². The first-order valence-electron chi connectivity index (χ1n) is 7.09. The number of nitrogens with one attached hydrogen (secondary N) is 1. The molecule has 1 aromatic carbocycles. The zero-order chi connectivity index (χ0) is 15.1. The van der Waals surface area contributed by atoms with E-state index in [-0.39, 0.29) is 12.1 Å². The normalized spacial score (nSPS) is 24.7. The maximum Gasteiger partial charge on any atom is 0.296 e. The predicted octanol–water partition coefficient (Wildman–Crippen LogP) is 2.21. The molecular formula is C15H17ClN2O3. The Balaban J connectivity index is 1.94. The summed E-state index contributed by atoms with van der Waals surface area (Å²) in [7, 11) is 1.88. The van der Waals surface area contributed by atoms with Crippen LogP contribution in [-0.2, 0) is 4.79 Å². The standard InChI is InChI=1S/C15H17ClN2O3/c1-18(11-4-2-3-5-13(11)19)12-7-10-8(6-9(12)16)14(20)15(21)17-10/h6-7,11,13,19H,2-5H2,1H3,(H,17,20,21). The van der Waals surface area contributed by atoms with E-state index in [4.69, 9.17) is 11.6 Å². The third kappa shape index (κ3) is 2.40. The molecule has 1 aliphatic heterocycles. The first-order chi connectivity index (χ1) is 9.99. The van der Waals surface area contributed by atoms with Crippen LogP contribution < -0.4 is 10.2 Å². The van der Waals surface area contributed by atoms with Gasteiger partial charge in [-0.3, -0.25) is 9.59 Å². The maximum atomic E-state index is 11.7. The summed E-state index contributed by atoms with van der Waals surface area (Å²) in [5.74, 6) is -1.18. The number of amides is 1. The van der Waals surface area contributed by atoms with E-state index in [9.17, 15) is 14.7 Å². The van der Waals surface area contributed by atoms with Crippen molar-refractivity contribution in [3.8, 4) is 0 Å². The zero-order valence-electron chi connectivity index (χ0n) is 11.7. The Kier molecular flexibility index (Phi) is 3.63. The number of likely N-dealkylation sites (N-methyl/N-ethyl adjacent to an activating group) is 1. The Bertz CT molecular complexity index is 617. The van der Waals surface area contributed by atoms with Gasteiger partial charge in [0.2, 0.25) is 0 Å². The van der Waals surface area contributed by atoms with Gasteiger partial charge in [0.1, 0.15) is 0 Å². The molecule has 21 heavy (non-hydrogen) atoms. The molecular weight excluding hydrogens is 292 g/mol. The highest BCUT2D eigenvalue weighted by molar-refractivity contribution is 6.52. The van der Waals surface area contributed by atoms with Crippen LogP contribution in [0.25, 0.3) is 0 Å². The van der Waals surface area contributed by atoms with E-state index in [1.807, 2.05) is 11.9 Å². The van der Waals surface area contributed by atoms with E-state index in [0.29, 0.717) is 16.3 Å². The predicted molar refractivity (Wildman–Crippen MR) is 81.1 cm³/mol. The summed E-state index contributed by atoms with van der Waals surface area (Å²) in [5.41, 5.74) is 1.52. The molecule has 1 fully saturated rings. The van der Waals surface area contributed by atoms with Crippen LogP contribution in [0.3, 0.4) is 0 Å². The number of nitrogens with zero attached hydrogens (tertiary/aromatic N) is 1. The van der Waals surface area contributed by atoms with Crippen LogP contribution in [0.2, 0.25) is 5.02 Å². The van der Waals surface area contributed by atoms with Gasteiger partial charge < -0.3 is 15.3 Å². The van der Waals surface area contributed by atoms with Crippen LogP contribution >= 0.6 is 11.6 Å². The topological polar surface area (TPSA) is 69.6 Å². The number of benzene rings is 1. The third-order valence-corrected chi connectivity index (χ3v) is 4.66. The molecule has 2 atom stereocenters. The fourth-order valence-electron chi connectivity index (χ4n) is 3.15. The third-order valence-electron chi connectivity index (χ3n) is 4.36. The van der Waals surface area contributed by atoms with Crippen molar-refractivity contribution in [2.75, 3.05) is 17.3 Å². The molecule has 2 aliphatic rings. The van der Waals surface area contributed by atoms with Gasteiger partial charge in [0, 0.05) is 7.05 Å². The molecule has 0 saturated heterocycles. The average molecular weight is 309 g/mol. The Morgan fingerprint density at radius 1 is 1.29 bits per heavy atom. The van der Waals surface area contributed by atoms with E-state index >= 15 is 0 Å². The molecule has 0 bridgehead atoms. The molecule has 1 aliphatic carbocycles. The molecule has 1 saturated carbocycles. The second-order valence-electron chi connectivity index (χ2n) is 5.66. The van der Waals surface area contributed by atoms with Crippen LogP contribution in [0.4, 0.5) is 11.4 Å². The minimum Gasteiger partial charge on any atom is -0.391 e. The molecule has 112 valence electrons. The van der Waals surface area contributed by atoms with Gasteiger partial charge in [-0.25, -0.2) is 0 Å². The minimum absolute atomic E-state index is 0.00195. The number of fused-ring (bicyclic) bond motifs is 1. The van der Waals surface area contributed by atoms with Crippen LogP contribution in [0.1, 0.15) is 36.0 Å².